The lowest BCUT2D eigenvalue weighted by Gasteiger charge is -1.98. The Morgan fingerprint density at radius 1 is 1.06 bits per heavy atom. The Labute approximate surface area is 98.4 Å². The maximum atomic E-state index is 8.78. The molecule has 0 atom stereocenters. The molecule has 0 bridgehead atoms. The van der Waals surface area contributed by atoms with Crippen molar-refractivity contribution in [1.82, 2.24) is 4.98 Å². The number of para-hydroxylation sites is 1. The van der Waals surface area contributed by atoms with Crippen molar-refractivity contribution >= 4 is 27.5 Å². The Kier molecular flexibility index (Phi) is 2.11. The van der Waals surface area contributed by atoms with Gasteiger partial charge in [0.15, 0.2) is 0 Å². The van der Waals surface area contributed by atoms with Gasteiger partial charge >= 0.3 is 0 Å². The van der Waals surface area contributed by atoms with Gasteiger partial charge < -0.3 is 10.2 Å². The van der Waals surface area contributed by atoms with Gasteiger partial charge in [-0.2, -0.15) is 0 Å². The van der Waals surface area contributed by atoms with Gasteiger partial charge in [0.25, 0.3) is 0 Å². The van der Waals surface area contributed by atoms with E-state index >= 15 is 0 Å². The van der Waals surface area contributed by atoms with Crippen molar-refractivity contribution in [2.45, 2.75) is 6.92 Å². The smallest absolute Gasteiger partial charge is 0.0837 e. The van der Waals surface area contributed by atoms with Gasteiger partial charge in [0.1, 0.15) is 0 Å². The van der Waals surface area contributed by atoms with Crippen molar-refractivity contribution in [1.29, 1.82) is 0 Å². The van der Waals surface area contributed by atoms with Gasteiger partial charge in [0.2, 0.25) is 0 Å². The third-order valence-corrected chi connectivity index (χ3v) is 3.07. The summed E-state index contributed by atoms with van der Waals surface area (Å²) < 4.78 is 0. The second-order valence-electron chi connectivity index (χ2n) is 4.12. The molecular weight excluding hydrogens is 212 g/mol. The average molecular weight is 224 g/mol. The van der Waals surface area contributed by atoms with E-state index in [1.54, 1.807) is 6.92 Å². The van der Waals surface area contributed by atoms with Crippen LogP contribution in [0.5, 0.6) is 0 Å². The molecule has 3 nitrogen and oxygen atoms in total. The molecule has 0 saturated carbocycles. The molecule has 84 valence electrons. The van der Waals surface area contributed by atoms with Gasteiger partial charge in [0, 0.05) is 27.4 Å². The topological polar surface area (TPSA) is 48.4 Å². The molecule has 17 heavy (non-hydrogen) atoms. The highest BCUT2D eigenvalue weighted by atomic mass is 16.4. The third-order valence-electron chi connectivity index (χ3n) is 3.07. The summed E-state index contributed by atoms with van der Waals surface area (Å²) in [6.45, 7) is 1.78. The molecule has 0 aliphatic heterocycles. The summed E-state index contributed by atoms with van der Waals surface area (Å²) >= 11 is 0. The van der Waals surface area contributed by atoms with Gasteiger partial charge in [0.05, 0.1) is 5.71 Å². The van der Waals surface area contributed by atoms with Crippen molar-refractivity contribution < 1.29 is 5.21 Å². The zero-order valence-electron chi connectivity index (χ0n) is 9.44. The fourth-order valence-electron chi connectivity index (χ4n) is 2.14. The fourth-order valence-corrected chi connectivity index (χ4v) is 2.14. The summed E-state index contributed by atoms with van der Waals surface area (Å²) in [6, 6.07) is 14.2. The van der Waals surface area contributed by atoms with Gasteiger partial charge in [-0.15, -0.1) is 0 Å². The van der Waals surface area contributed by atoms with E-state index in [4.69, 9.17) is 5.21 Å². The van der Waals surface area contributed by atoms with Crippen LogP contribution in [-0.4, -0.2) is 15.9 Å². The van der Waals surface area contributed by atoms with Crippen LogP contribution in [0.2, 0.25) is 0 Å². The minimum absolute atomic E-state index is 0.616. The van der Waals surface area contributed by atoms with Gasteiger partial charge in [-0.25, -0.2) is 0 Å². The Balaban J connectivity index is 2.34. The van der Waals surface area contributed by atoms with E-state index < -0.39 is 0 Å². The standard InChI is InChI=1S/C14H12N2O/c1-9(16-17)10-6-7-12-11-4-2-3-5-13(11)15-14(12)8-10/h2-8,15,17H,1H3/b16-9-. The molecular formula is C14H12N2O. The zero-order chi connectivity index (χ0) is 11.8. The minimum atomic E-state index is 0.616. The first-order valence-electron chi connectivity index (χ1n) is 5.49. The van der Waals surface area contributed by atoms with Crippen LogP contribution in [0.25, 0.3) is 21.8 Å². The number of aromatic nitrogens is 1. The molecule has 0 unspecified atom stereocenters. The number of nitrogens with zero attached hydrogens (tertiary/aromatic N) is 1. The fraction of sp³-hybridized carbons (Fsp3) is 0.0714. The van der Waals surface area contributed by atoms with Crippen LogP contribution in [0.4, 0.5) is 0 Å². The lowest BCUT2D eigenvalue weighted by atomic mass is 10.1. The first-order chi connectivity index (χ1) is 8.29. The predicted octanol–water partition coefficient (Wildman–Crippen LogP) is 3.52. The summed E-state index contributed by atoms with van der Waals surface area (Å²) in [4.78, 5) is 3.36. The van der Waals surface area contributed by atoms with E-state index in [-0.39, 0.29) is 0 Å². The number of nitrogens with one attached hydrogen (secondary N) is 1. The SMILES string of the molecule is C/C(=N/O)c1ccc2c(c1)[nH]c1ccccc12. The van der Waals surface area contributed by atoms with Crippen LogP contribution < -0.4 is 0 Å². The van der Waals surface area contributed by atoms with Gasteiger partial charge in [-0.1, -0.05) is 35.5 Å². The minimum Gasteiger partial charge on any atom is -0.411 e. The van der Waals surface area contributed by atoms with Crippen LogP contribution in [0.1, 0.15) is 12.5 Å². The van der Waals surface area contributed by atoms with E-state index in [1.807, 2.05) is 24.3 Å². The van der Waals surface area contributed by atoms with Crippen LogP contribution in [-0.2, 0) is 0 Å². The number of rotatable bonds is 1. The normalized spacial score (nSPS) is 12.4. The molecule has 3 heteroatoms. The first-order valence-corrected chi connectivity index (χ1v) is 5.49. The summed E-state index contributed by atoms with van der Waals surface area (Å²) in [7, 11) is 0. The Morgan fingerprint density at radius 2 is 1.82 bits per heavy atom. The van der Waals surface area contributed by atoms with E-state index in [2.05, 4.69) is 28.3 Å². The molecule has 0 fully saturated rings. The second kappa shape index (κ2) is 3.63. The number of aromatic amines is 1. The predicted molar refractivity (Wildman–Crippen MR) is 69.8 cm³/mol. The molecule has 3 aromatic rings. The molecule has 1 aromatic heterocycles. The molecule has 0 saturated heterocycles. The molecule has 1 heterocycles. The Morgan fingerprint density at radius 3 is 2.65 bits per heavy atom. The number of fused-ring (bicyclic) bond motifs is 3. The molecule has 0 aliphatic rings. The maximum Gasteiger partial charge on any atom is 0.0837 e. The quantitative estimate of drug-likeness (QED) is 0.371. The highest BCUT2D eigenvalue weighted by molar-refractivity contribution is 6.10. The Bertz CT molecular complexity index is 725. The van der Waals surface area contributed by atoms with Crippen molar-refractivity contribution in [3.8, 4) is 0 Å². The van der Waals surface area contributed by atoms with Gasteiger partial charge in [-0.05, 0) is 19.1 Å². The molecule has 2 N–H and O–H groups in total. The van der Waals surface area contributed by atoms with Crippen molar-refractivity contribution in [2.75, 3.05) is 0 Å². The number of benzene rings is 2. The van der Waals surface area contributed by atoms with Gasteiger partial charge in [-0.3, -0.25) is 0 Å². The van der Waals surface area contributed by atoms with Crippen molar-refractivity contribution in [3.63, 3.8) is 0 Å². The van der Waals surface area contributed by atoms with E-state index in [9.17, 15) is 0 Å². The Hall–Kier alpha value is -2.29. The number of hydrogen-bond donors (Lipinski definition) is 2. The first kappa shape index (κ1) is 9.90. The number of oxime groups is 1. The van der Waals surface area contributed by atoms with E-state index in [0.29, 0.717) is 5.71 Å². The van der Waals surface area contributed by atoms with Crippen molar-refractivity contribution in [3.05, 3.63) is 48.0 Å². The van der Waals surface area contributed by atoms with E-state index in [1.165, 1.54) is 10.8 Å². The molecule has 3 rings (SSSR count). The summed E-state index contributed by atoms with van der Waals surface area (Å²) in [5, 5.41) is 14.4. The van der Waals surface area contributed by atoms with E-state index in [0.717, 1.165) is 16.6 Å². The summed E-state index contributed by atoms with van der Waals surface area (Å²) in [6.07, 6.45) is 0. The zero-order valence-corrected chi connectivity index (χ0v) is 9.44. The maximum absolute atomic E-state index is 8.78. The van der Waals surface area contributed by atoms with Crippen LogP contribution in [0.15, 0.2) is 47.6 Å². The third kappa shape index (κ3) is 1.47. The monoisotopic (exact) mass is 224 g/mol. The number of H-pyrrole nitrogens is 1. The molecule has 0 aliphatic carbocycles. The van der Waals surface area contributed by atoms with Crippen molar-refractivity contribution in [2.24, 2.45) is 5.16 Å². The molecule has 0 spiro atoms. The molecule has 2 aromatic carbocycles. The lowest BCUT2D eigenvalue weighted by molar-refractivity contribution is 0.319. The highest BCUT2D eigenvalue weighted by Gasteiger charge is 2.05. The van der Waals surface area contributed by atoms with Crippen LogP contribution in [0, 0.1) is 0 Å². The average Bonchev–Trinajstić information content (AvgIpc) is 2.75. The number of hydrogen-bond acceptors (Lipinski definition) is 2. The summed E-state index contributed by atoms with van der Waals surface area (Å²) in [5.41, 5.74) is 3.72. The lowest BCUT2D eigenvalue weighted by Crippen LogP contribution is -1.93. The summed E-state index contributed by atoms with van der Waals surface area (Å²) in [5.74, 6) is 0. The molecule has 0 amide bonds. The van der Waals surface area contributed by atoms with Crippen LogP contribution in [0.3, 0.4) is 0 Å². The highest BCUT2D eigenvalue weighted by Crippen LogP contribution is 2.25. The van der Waals surface area contributed by atoms with Crippen LogP contribution >= 0.6 is 0 Å². The molecule has 0 radical (unpaired) electrons. The largest absolute Gasteiger partial charge is 0.411 e. The second-order valence-corrected chi connectivity index (χ2v) is 4.12.